The Morgan fingerprint density at radius 3 is 3.00 bits per heavy atom. The summed E-state index contributed by atoms with van der Waals surface area (Å²) in [5.41, 5.74) is 3.59. The predicted molar refractivity (Wildman–Crippen MR) is 134 cm³/mol. The van der Waals surface area contributed by atoms with Crippen LogP contribution in [0.5, 0.6) is 5.75 Å². The van der Waals surface area contributed by atoms with Gasteiger partial charge in [0.05, 0.1) is 31.5 Å². The molecule has 0 aromatic heterocycles. The molecule has 0 aliphatic carbocycles. The van der Waals surface area contributed by atoms with Gasteiger partial charge in [0, 0.05) is 32.7 Å². The Bertz CT molecular complexity index is 820. The van der Waals surface area contributed by atoms with Gasteiger partial charge in [-0.05, 0) is 62.6 Å². The summed E-state index contributed by atoms with van der Waals surface area (Å²) in [5.74, 6) is 1.98. The van der Waals surface area contributed by atoms with Crippen LogP contribution in [0.3, 0.4) is 0 Å². The van der Waals surface area contributed by atoms with Crippen molar-refractivity contribution in [1.29, 1.82) is 0 Å². The largest absolute Gasteiger partial charge is 0.495 e. The lowest BCUT2D eigenvalue weighted by Gasteiger charge is -2.34. The van der Waals surface area contributed by atoms with Crippen LogP contribution in [-0.4, -0.2) is 59.2 Å². The summed E-state index contributed by atoms with van der Waals surface area (Å²) in [6.07, 6.45) is 8.41. The molecule has 1 N–H and O–H groups in total. The molecule has 1 aromatic rings. The van der Waals surface area contributed by atoms with Gasteiger partial charge in [-0.15, -0.1) is 0 Å². The van der Waals surface area contributed by atoms with Crippen molar-refractivity contribution < 1.29 is 18.9 Å². The van der Waals surface area contributed by atoms with Crippen LogP contribution in [-0.2, 0) is 20.8 Å². The SMILES string of the molecule is C=C(/C=C\C(=C/C)C1CCNC[C@@H]1OCc1ccc2c(c1)N(CCCOC)CCO2)OCC. The Labute approximate surface area is 199 Å². The van der Waals surface area contributed by atoms with Crippen molar-refractivity contribution in [2.24, 2.45) is 5.92 Å². The quantitative estimate of drug-likeness (QED) is 0.285. The molecule has 0 spiro atoms. The second-order valence-corrected chi connectivity index (χ2v) is 8.45. The second kappa shape index (κ2) is 13.4. The minimum absolute atomic E-state index is 0.111. The van der Waals surface area contributed by atoms with Crippen LogP contribution in [0.15, 0.2) is 54.3 Å². The summed E-state index contributed by atoms with van der Waals surface area (Å²) in [7, 11) is 1.75. The average molecular weight is 457 g/mol. The third kappa shape index (κ3) is 7.36. The molecule has 3 rings (SSSR count). The molecule has 1 saturated heterocycles. The third-order valence-electron chi connectivity index (χ3n) is 6.20. The molecule has 2 heterocycles. The van der Waals surface area contributed by atoms with Crippen LogP contribution < -0.4 is 15.0 Å². The van der Waals surface area contributed by atoms with E-state index in [1.165, 1.54) is 11.1 Å². The van der Waals surface area contributed by atoms with Gasteiger partial charge in [0.2, 0.25) is 0 Å². The zero-order valence-electron chi connectivity index (χ0n) is 20.5. The van der Waals surface area contributed by atoms with Crippen molar-refractivity contribution in [3.05, 3.63) is 59.9 Å². The van der Waals surface area contributed by atoms with E-state index < -0.39 is 0 Å². The Balaban J connectivity index is 1.65. The van der Waals surface area contributed by atoms with Gasteiger partial charge in [-0.3, -0.25) is 0 Å². The van der Waals surface area contributed by atoms with Crippen molar-refractivity contribution >= 4 is 5.69 Å². The molecule has 0 bridgehead atoms. The lowest BCUT2D eigenvalue weighted by atomic mass is 9.86. The number of hydrogen-bond donors (Lipinski definition) is 1. The minimum atomic E-state index is 0.111. The molecule has 0 amide bonds. The van der Waals surface area contributed by atoms with E-state index in [0.717, 1.165) is 63.7 Å². The van der Waals surface area contributed by atoms with Gasteiger partial charge in [0.25, 0.3) is 0 Å². The first-order valence-electron chi connectivity index (χ1n) is 12.1. The summed E-state index contributed by atoms with van der Waals surface area (Å²) in [6.45, 7) is 14.4. The number of hydrogen-bond acceptors (Lipinski definition) is 6. The van der Waals surface area contributed by atoms with Gasteiger partial charge < -0.3 is 29.2 Å². The van der Waals surface area contributed by atoms with Crippen molar-refractivity contribution in [2.75, 3.05) is 58.0 Å². The Kier molecular flexibility index (Phi) is 10.3. The first-order valence-corrected chi connectivity index (χ1v) is 12.1. The summed E-state index contributed by atoms with van der Waals surface area (Å²) in [5, 5.41) is 3.49. The van der Waals surface area contributed by atoms with Gasteiger partial charge in [0.15, 0.2) is 0 Å². The number of fused-ring (bicyclic) bond motifs is 1. The fourth-order valence-corrected chi connectivity index (χ4v) is 4.49. The summed E-state index contributed by atoms with van der Waals surface area (Å²) in [6, 6.07) is 6.41. The van der Waals surface area contributed by atoms with Crippen LogP contribution in [0.1, 0.15) is 32.3 Å². The second-order valence-electron chi connectivity index (χ2n) is 8.45. The van der Waals surface area contributed by atoms with Gasteiger partial charge in [-0.1, -0.05) is 24.8 Å². The van der Waals surface area contributed by atoms with Crippen molar-refractivity contribution in [3.63, 3.8) is 0 Å². The summed E-state index contributed by atoms with van der Waals surface area (Å²) < 4.78 is 23.0. The summed E-state index contributed by atoms with van der Waals surface area (Å²) in [4.78, 5) is 2.39. The summed E-state index contributed by atoms with van der Waals surface area (Å²) >= 11 is 0. The van der Waals surface area contributed by atoms with E-state index in [9.17, 15) is 0 Å². The molecule has 2 aliphatic rings. The fraction of sp³-hybridized carbons (Fsp3) is 0.556. The molecule has 6 nitrogen and oxygen atoms in total. The smallest absolute Gasteiger partial charge is 0.142 e. The van der Waals surface area contributed by atoms with E-state index in [2.05, 4.69) is 54.1 Å². The maximum atomic E-state index is 6.47. The van der Waals surface area contributed by atoms with E-state index in [1.54, 1.807) is 7.11 Å². The molecule has 0 saturated carbocycles. The molecule has 2 atom stereocenters. The molecule has 1 aromatic carbocycles. The molecule has 6 heteroatoms. The number of nitrogens with one attached hydrogen (secondary N) is 1. The lowest BCUT2D eigenvalue weighted by Crippen LogP contribution is -2.42. The van der Waals surface area contributed by atoms with Crippen LogP contribution in [0.4, 0.5) is 5.69 Å². The molecule has 182 valence electrons. The first-order chi connectivity index (χ1) is 16.2. The van der Waals surface area contributed by atoms with E-state index in [1.807, 2.05) is 13.0 Å². The fourth-order valence-electron chi connectivity index (χ4n) is 4.49. The number of piperidine rings is 1. The maximum Gasteiger partial charge on any atom is 0.142 e. The first kappa shape index (κ1) is 25.3. The Morgan fingerprint density at radius 1 is 1.33 bits per heavy atom. The number of anilines is 1. The predicted octanol–water partition coefficient (Wildman–Crippen LogP) is 4.47. The zero-order chi connectivity index (χ0) is 23.5. The van der Waals surface area contributed by atoms with Crippen LogP contribution >= 0.6 is 0 Å². The minimum Gasteiger partial charge on any atom is -0.495 e. The highest BCUT2D eigenvalue weighted by Crippen LogP contribution is 2.33. The normalized spacial score (nSPS) is 21.1. The highest BCUT2D eigenvalue weighted by atomic mass is 16.5. The van der Waals surface area contributed by atoms with E-state index in [4.69, 9.17) is 18.9 Å². The number of ether oxygens (including phenoxy) is 4. The molecule has 1 unspecified atom stereocenters. The molecule has 0 radical (unpaired) electrons. The van der Waals surface area contributed by atoms with E-state index in [-0.39, 0.29) is 6.10 Å². The molecule has 33 heavy (non-hydrogen) atoms. The molecule has 2 aliphatic heterocycles. The van der Waals surface area contributed by atoms with Gasteiger partial charge in [-0.2, -0.15) is 0 Å². The number of methoxy groups -OCH3 is 1. The topological polar surface area (TPSA) is 52.2 Å². The molecular formula is C27H40N2O4. The monoisotopic (exact) mass is 456 g/mol. The van der Waals surface area contributed by atoms with Crippen LogP contribution in [0.25, 0.3) is 0 Å². The van der Waals surface area contributed by atoms with Gasteiger partial charge in [-0.25, -0.2) is 0 Å². The number of allylic oxidation sites excluding steroid dienone is 3. The number of nitrogens with zero attached hydrogens (tertiary/aromatic N) is 1. The van der Waals surface area contributed by atoms with E-state index in [0.29, 0.717) is 24.9 Å². The van der Waals surface area contributed by atoms with Crippen LogP contribution in [0.2, 0.25) is 0 Å². The van der Waals surface area contributed by atoms with Crippen molar-refractivity contribution in [3.8, 4) is 5.75 Å². The van der Waals surface area contributed by atoms with Gasteiger partial charge in [0.1, 0.15) is 18.1 Å². The molecule has 1 fully saturated rings. The third-order valence-corrected chi connectivity index (χ3v) is 6.20. The lowest BCUT2D eigenvalue weighted by molar-refractivity contribution is -0.000570. The number of rotatable bonds is 12. The Hall–Kier alpha value is -2.28. The highest BCUT2D eigenvalue weighted by molar-refractivity contribution is 5.61. The highest BCUT2D eigenvalue weighted by Gasteiger charge is 2.28. The van der Waals surface area contributed by atoms with Gasteiger partial charge >= 0.3 is 0 Å². The van der Waals surface area contributed by atoms with Crippen LogP contribution in [0, 0.1) is 5.92 Å². The Morgan fingerprint density at radius 2 is 2.21 bits per heavy atom. The van der Waals surface area contributed by atoms with Crippen molar-refractivity contribution in [2.45, 2.75) is 39.4 Å². The molecular weight excluding hydrogens is 416 g/mol. The van der Waals surface area contributed by atoms with Crippen molar-refractivity contribution in [1.82, 2.24) is 5.32 Å². The maximum absolute atomic E-state index is 6.47. The van der Waals surface area contributed by atoms with E-state index >= 15 is 0 Å². The average Bonchev–Trinajstić information content (AvgIpc) is 2.84. The zero-order valence-corrected chi connectivity index (χ0v) is 20.5. The number of benzene rings is 1. The standard InChI is InChI=1S/C27H40N2O4/c1-5-23(10-8-21(3)31-6-2)24-12-13-28-19-27(24)33-20-22-9-11-26-25(18-22)29(15-17-32-26)14-7-16-30-4/h5,8-11,18,24,27-28H,3,6-7,12-17,19-20H2,1-2,4H3/b10-8-,23-5+/t24?,27-/m0/s1.